The zero-order valence-electron chi connectivity index (χ0n) is 18.7. The second-order valence-corrected chi connectivity index (χ2v) is 8.46. The number of halogens is 1. The van der Waals surface area contributed by atoms with Crippen LogP contribution in [0.4, 0.5) is 4.39 Å². The highest BCUT2D eigenvalue weighted by atomic mass is 19.1. The number of ether oxygens (including phenoxy) is 1. The minimum atomic E-state index is -0.970. The van der Waals surface area contributed by atoms with E-state index in [1.165, 1.54) is 29.2 Å². The van der Waals surface area contributed by atoms with Crippen LogP contribution in [0.2, 0.25) is 0 Å². The summed E-state index contributed by atoms with van der Waals surface area (Å²) in [7, 11) is 0. The Balaban J connectivity index is 1.79. The summed E-state index contributed by atoms with van der Waals surface area (Å²) >= 11 is 0. The van der Waals surface area contributed by atoms with Gasteiger partial charge >= 0.3 is 0 Å². The summed E-state index contributed by atoms with van der Waals surface area (Å²) in [6.07, 6.45) is 0. The monoisotopic (exact) mass is 454 g/mol. The molecule has 2 aliphatic rings. The molecule has 2 aliphatic heterocycles. The summed E-state index contributed by atoms with van der Waals surface area (Å²) in [5.41, 5.74) is 1.90. The Morgan fingerprint density at radius 1 is 1.09 bits per heavy atom. The molecular formula is C25H27FN2O5. The first kappa shape index (κ1) is 22.9. The zero-order chi connectivity index (χ0) is 23.7. The van der Waals surface area contributed by atoms with Crippen LogP contribution in [0, 0.1) is 19.7 Å². The van der Waals surface area contributed by atoms with Crippen molar-refractivity contribution in [2.75, 3.05) is 39.4 Å². The van der Waals surface area contributed by atoms with Crippen LogP contribution in [0.25, 0.3) is 5.76 Å². The van der Waals surface area contributed by atoms with Crippen molar-refractivity contribution in [3.8, 4) is 5.75 Å². The van der Waals surface area contributed by atoms with Gasteiger partial charge < -0.3 is 19.8 Å². The van der Waals surface area contributed by atoms with E-state index in [1.807, 2.05) is 13.8 Å². The number of aryl methyl sites for hydroxylation is 2. The number of phenolic OH excluding ortho intramolecular Hbond substituents is 1. The molecule has 2 heterocycles. The van der Waals surface area contributed by atoms with E-state index in [-0.39, 0.29) is 23.4 Å². The number of Topliss-reactive ketones (excluding diaryl/α,β-unsaturated/α-hetero) is 1. The number of ketones is 1. The van der Waals surface area contributed by atoms with E-state index >= 15 is 0 Å². The third-order valence-corrected chi connectivity index (χ3v) is 6.33. The van der Waals surface area contributed by atoms with E-state index in [9.17, 15) is 24.2 Å². The van der Waals surface area contributed by atoms with Crippen molar-refractivity contribution >= 4 is 17.4 Å². The molecule has 0 spiro atoms. The number of aliphatic hydroxyl groups is 1. The summed E-state index contributed by atoms with van der Waals surface area (Å²) in [6, 6.07) is 7.75. The predicted octanol–water partition coefficient (Wildman–Crippen LogP) is 2.90. The summed E-state index contributed by atoms with van der Waals surface area (Å²) in [4.78, 5) is 29.6. The first-order valence-corrected chi connectivity index (χ1v) is 10.9. The molecule has 0 bridgehead atoms. The van der Waals surface area contributed by atoms with E-state index in [1.54, 1.807) is 12.1 Å². The number of carbonyl (C=O) groups excluding carboxylic acids is 2. The molecule has 0 aliphatic carbocycles. The number of hydrogen-bond acceptors (Lipinski definition) is 6. The molecule has 174 valence electrons. The predicted molar refractivity (Wildman–Crippen MR) is 120 cm³/mol. The number of hydrogen-bond donors (Lipinski definition) is 2. The standard InChI is InChI=1S/C25H27FN2O5/c1-15-12-19(20(29)13-16(15)2)23(30)21-22(17-4-3-5-18(26)14-17)28(25(32)24(21)31)7-6-27-8-10-33-11-9-27/h3-5,12-14,22,29-30H,6-11H2,1-2H3/t22-/m1/s1. The van der Waals surface area contributed by atoms with E-state index in [0.717, 1.165) is 11.1 Å². The quantitative estimate of drug-likeness (QED) is 0.410. The van der Waals surface area contributed by atoms with Crippen molar-refractivity contribution in [3.63, 3.8) is 0 Å². The highest BCUT2D eigenvalue weighted by Gasteiger charge is 2.46. The minimum absolute atomic E-state index is 0.0608. The Morgan fingerprint density at radius 3 is 2.48 bits per heavy atom. The maximum absolute atomic E-state index is 14.1. The lowest BCUT2D eigenvalue weighted by atomic mass is 9.93. The van der Waals surface area contributed by atoms with Crippen LogP contribution in [-0.2, 0) is 14.3 Å². The highest BCUT2D eigenvalue weighted by molar-refractivity contribution is 6.46. The van der Waals surface area contributed by atoms with Gasteiger partial charge in [-0.25, -0.2) is 4.39 Å². The number of amides is 1. The number of phenols is 1. The van der Waals surface area contributed by atoms with Crippen molar-refractivity contribution in [2.45, 2.75) is 19.9 Å². The van der Waals surface area contributed by atoms with Crippen molar-refractivity contribution in [3.05, 3.63) is 70.0 Å². The highest BCUT2D eigenvalue weighted by Crippen LogP contribution is 2.41. The summed E-state index contributed by atoms with van der Waals surface area (Å²) in [5, 5.41) is 21.6. The second kappa shape index (κ2) is 9.33. The van der Waals surface area contributed by atoms with Gasteiger partial charge in [0.15, 0.2) is 0 Å². The number of aromatic hydroxyl groups is 1. The van der Waals surface area contributed by atoms with Crippen LogP contribution in [0.15, 0.2) is 42.0 Å². The molecule has 8 heteroatoms. The number of aliphatic hydroxyl groups excluding tert-OH is 1. The van der Waals surface area contributed by atoms with E-state index < -0.39 is 29.3 Å². The fraction of sp³-hybridized carbons (Fsp3) is 0.360. The molecule has 2 aromatic carbocycles. The van der Waals surface area contributed by atoms with Crippen LogP contribution in [0.5, 0.6) is 5.75 Å². The van der Waals surface area contributed by atoms with Crippen molar-refractivity contribution in [2.24, 2.45) is 0 Å². The molecule has 33 heavy (non-hydrogen) atoms. The smallest absolute Gasteiger partial charge is 0.295 e. The lowest BCUT2D eigenvalue weighted by Crippen LogP contribution is -2.42. The third-order valence-electron chi connectivity index (χ3n) is 6.33. The zero-order valence-corrected chi connectivity index (χ0v) is 18.7. The van der Waals surface area contributed by atoms with Gasteiger partial charge in [0.05, 0.1) is 30.4 Å². The van der Waals surface area contributed by atoms with Gasteiger partial charge in [-0.15, -0.1) is 0 Å². The average molecular weight is 454 g/mol. The average Bonchev–Trinajstić information content (AvgIpc) is 3.05. The normalized spacial score (nSPS) is 21.1. The fourth-order valence-electron chi connectivity index (χ4n) is 4.34. The van der Waals surface area contributed by atoms with E-state index in [4.69, 9.17) is 4.74 Å². The largest absolute Gasteiger partial charge is 0.507 e. The van der Waals surface area contributed by atoms with Crippen LogP contribution in [0.3, 0.4) is 0 Å². The lowest BCUT2D eigenvalue weighted by molar-refractivity contribution is -0.140. The van der Waals surface area contributed by atoms with Crippen molar-refractivity contribution in [1.82, 2.24) is 9.80 Å². The molecule has 1 amide bonds. The van der Waals surface area contributed by atoms with Crippen LogP contribution < -0.4 is 0 Å². The van der Waals surface area contributed by atoms with Crippen molar-refractivity contribution in [1.29, 1.82) is 0 Å². The molecule has 4 rings (SSSR count). The molecule has 0 aromatic heterocycles. The molecule has 0 unspecified atom stereocenters. The Hall–Kier alpha value is -3.23. The van der Waals surface area contributed by atoms with Crippen LogP contribution in [-0.4, -0.2) is 71.1 Å². The molecule has 2 aromatic rings. The minimum Gasteiger partial charge on any atom is -0.507 e. The molecule has 1 atom stereocenters. The maximum Gasteiger partial charge on any atom is 0.295 e. The van der Waals surface area contributed by atoms with Gasteiger partial charge in [-0.05, 0) is 54.8 Å². The fourth-order valence-corrected chi connectivity index (χ4v) is 4.34. The van der Waals surface area contributed by atoms with E-state index in [0.29, 0.717) is 38.4 Å². The van der Waals surface area contributed by atoms with Gasteiger partial charge in [0.25, 0.3) is 11.7 Å². The van der Waals surface area contributed by atoms with Crippen molar-refractivity contribution < 1.29 is 28.9 Å². The molecule has 7 nitrogen and oxygen atoms in total. The van der Waals surface area contributed by atoms with Gasteiger partial charge in [-0.2, -0.15) is 0 Å². The number of likely N-dealkylation sites (tertiary alicyclic amines) is 1. The van der Waals surface area contributed by atoms with Crippen LogP contribution >= 0.6 is 0 Å². The SMILES string of the molecule is Cc1cc(O)c(C(O)=C2C(=O)C(=O)N(CCN3CCOCC3)[C@@H]2c2cccc(F)c2)cc1C. The van der Waals surface area contributed by atoms with Crippen LogP contribution in [0.1, 0.15) is 28.3 Å². The van der Waals surface area contributed by atoms with Gasteiger partial charge in [-0.3, -0.25) is 14.5 Å². The Kier molecular flexibility index (Phi) is 6.49. The Morgan fingerprint density at radius 2 is 1.79 bits per heavy atom. The summed E-state index contributed by atoms with van der Waals surface area (Å²) in [5.74, 6) is -2.81. The lowest BCUT2D eigenvalue weighted by Gasteiger charge is -2.31. The Bertz CT molecular complexity index is 1120. The first-order chi connectivity index (χ1) is 15.8. The molecule has 2 N–H and O–H groups in total. The number of benzene rings is 2. The molecular weight excluding hydrogens is 427 g/mol. The topological polar surface area (TPSA) is 90.3 Å². The molecule has 0 radical (unpaired) electrons. The number of nitrogens with zero attached hydrogens (tertiary/aromatic N) is 2. The molecule has 2 saturated heterocycles. The number of rotatable bonds is 5. The van der Waals surface area contributed by atoms with Gasteiger partial charge in [0.2, 0.25) is 0 Å². The first-order valence-electron chi connectivity index (χ1n) is 10.9. The van der Waals surface area contributed by atoms with E-state index in [2.05, 4.69) is 4.90 Å². The van der Waals surface area contributed by atoms with Gasteiger partial charge in [0.1, 0.15) is 17.3 Å². The van der Waals surface area contributed by atoms with Gasteiger partial charge in [0, 0.05) is 26.2 Å². The van der Waals surface area contributed by atoms with Gasteiger partial charge in [-0.1, -0.05) is 12.1 Å². The molecule has 2 fully saturated rings. The Labute approximate surface area is 191 Å². The summed E-state index contributed by atoms with van der Waals surface area (Å²) < 4.78 is 19.5. The second-order valence-electron chi connectivity index (χ2n) is 8.46. The number of morpholine rings is 1. The third kappa shape index (κ3) is 4.49. The number of carbonyl (C=O) groups is 2. The maximum atomic E-state index is 14.1. The molecule has 0 saturated carbocycles. The summed E-state index contributed by atoms with van der Waals surface area (Å²) in [6.45, 7) is 6.98.